The fraction of sp³-hybridized carbons (Fsp3) is 0.118. The van der Waals surface area contributed by atoms with E-state index in [2.05, 4.69) is 6.58 Å². The first kappa shape index (κ1) is 16.2. The van der Waals surface area contributed by atoms with Crippen molar-refractivity contribution in [1.29, 1.82) is 0 Å². The zero-order chi connectivity index (χ0) is 16.6. The van der Waals surface area contributed by atoms with Gasteiger partial charge in [0.2, 0.25) is 0 Å². The fourth-order valence-corrected chi connectivity index (χ4v) is 4.65. The number of aromatic nitrogens is 1. The Morgan fingerprint density at radius 3 is 2.65 bits per heavy atom. The van der Waals surface area contributed by atoms with E-state index in [1.54, 1.807) is 17.4 Å². The smallest absolute Gasteiger partial charge is 0.162 e. The summed E-state index contributed by atoms with van der Waals surface area (Å²) in [6.45, 7) is 6.92. The molecule has 3 aromatic rings. The van der Waals surface area contributed by atoms with Gasteiger partial charge in [0.05, 0.1) is 9.88 Å². The van der Waals surface area contributed by atoms with Gasteiger partial charge in [-0.2, -0.15) is 0 Å². The third-order valence-electron chi connectivity index (χ3n) is 3.49. The van der Waals surface area contributed by atoms with Gasteiger partial charge in [-0.25, -0.2) is 8.78 Å². The summed E-state index contributed by atoms with van der Waals surface area (Å²) < 4.78 is 30.2. The van der Waals surface area contributed by atoms with Crippen molar-refractivity contribution in [1.82, 2.24) is 4.57 Å². The highest BCUT2D eigenvalue weighted by Crippen LogP contribution is 2.27. The van der Waals surface area contributed by atoms with Crippen LogP contribution in [0.4, 0.5) is 8.78 Å². The quantitative estimate of drug-likeness (QED) is 0.617. The maximum Gasteiger partial charge on any atom is 0.162 e. The predicted molar refractivity (Wildman–Crippen MR) is 96.8 cm³/mol. The Kier molecular flexibility index (Phi) is 4.57. The first-order valence-electron chi connectivity index (χ1n) is 6.94. The molecule has 0 aliphatic rings. The molecule has 0 aliphatic heterocycles. The summed E-state index contributed by atoms with van der Waals surface area (Å²) in [6, 6.07) is 5.89. The Labute approximate surface area is 145 Å². The minimum atomic E-state index is -0.836. The summed E-state index contributed by atoms with van der Waals surface area (Å²) >= 11 is 8.40. The molecule has 0 bridgehead atoms. The standard InChI is InChI=1S/C17H13F2NS3/c1-3-20-10(2)16(23-17(20)21)8-13-6-12(9-22-13)11-4-5-14(18)15(19)7-11/h4-9H,2-3H2,1H3/b16-8-. The van der Waals surface area contributed by atoms with Gasteiger partial charge in [-0.1, -0.05) is 12.6 Å². The summed E-state index contributed by atoms with van der Waals surface area (Å²) in [4.78, 5) is 1.02. The van der Waals surface area contributed by atoms with Crippen LogP contribution in [0.3, 0.4) is 0 Å². The topological polar surface area (TPSA) is 4.93 Å². The molecule has 0 amide bonds. The maximum absolute atomic E-state index is 13.4. The Bertz CT molecular complexity index is 1030. The van der Waals surface area contributed by atoms with Crippen LogP contribution in [0.5, 0.6) is 0 Å². The number of thiophene rings is 1. The number of rotatable bonds is 3. The molecule has 0 unspecified atom stereocenters. The highest BCUT2D eigenvalue weighted by atomic mass is 32.1. The van der Waals surface area contributed by atoms with E-state index in [1.807, 2.05) is 29.0 Å². The van der Waals surface area contributed by atoms with Crippen LogP contribution in [0.1, 0.15) is 11.8 Å². The summed E-state index contributed by atoms with van der Waals surface area (Å²) in [6.07, 6.45) is 2.03. The lowest BCUT2D eigenvalue weighted by Crippen LogP contribution is -2.26. The molecule has 0 spiro atoms. The summed E-state index contributed by atoms with van der Waals surface area (Å²) in [5.74, 6) is -1.67. The molecule has 2 aromatic heterocycles. The number of thiazole rings is 1. The van der Waals surface area contributed by atoms with Crippen LogP contribution < -0.4 is 9.88 Å². The van der Waals surface area contributed by atoms with Crippen molar-refractivity contribution in [2.24, 2.45) is 0 Å². The minimum absolute atomic E-state index is 0.661. The van der Waals surface area contributed by atoms with Crippen molar-refractivity contribution < 1.29 is 8.78 Å². The second-order valence-corrected chi connectivity index (χ2v) is 7.55. The Morgan fingerprint density at radius 1 is 1.22 bits per heavy atom. The molecule has 0 atom stereocenters. The summed E-state index contributed by atoms with van der Waals surface area (Å²) in [5, 5.41) is 2.84. The lowest BCUT2D eigenvalue weighted by Gasteiger charge is -1.98. The molecule has 1 aromatic carbocycles. The van der Waals surface area contributed by atoms with E-state index in [-0.39, 0.29) is 0 Å². The number of nitrogens with zero attached hydrogens (tertiary/aromatic N) is 1. The van der Waals surface area contributed by atoms with Gasteiger partial charge in [0.1, 0.15) is 0 Å². The molecular formula is C17H13F2NS3. The fourth-order valence-electron chi connectivity index (χ4n) is 2.27. The minimum Gasteiger partial charge on any atom is -0.324 e. The van der Waals surface area contributed by atoms with Gasteiger partial charge in [0, 0.05) is 11.4 Å². The van der Waals surface area contributed by atoms with Crippen LogP contribution >= 0.6 is 34.9 Å². The predicted octanol–water partition coefficient (Wildman–Crippen LogP) is 4.54. The van der Waals surface area contributed by atoms with E-state index in [0.29, 0.717) is 5.56 Å². The van der Waals surface area contributed by atoms with Crippen LogP contribution in [0.15, 0.2) is 29.6 Å². The molecule has 0 radical (unpaired) electrons. The number of hydrogen-bond acceptors (Lipinski definition) is 3. The first-order valence-corrected chi connectivity index (χ1v) is 9.04. The SMILES string of the molecule is C=c1/c(=C/c2cc(-c3ccc(F)c(F)c3)cs2)sc(=S)n1CC. The van der Waals surface area contributed by atoms with E-state index in [9.17, 15) is 8.78 Å². The van der Waals surface area contributed by atoms with E-state index in [4.69, 9.17) is 12.2 Å². The largest absolute Gasteiger partial charge is 0.324 e. The first-order chi connectivity index (χ1) is 11.0. The van der Waals surface area contributed by atoms with Gasteiger partial charge in [0.25, 0.3) is 0 Å². The van der Waals surface area contributed by atoms with Crippen molar-refractivity contribution >= 4 is 47.5 Å². The molecular weight excluding hydrogens is 352 g/mol. The van der Waals surface area contributed by atoms with E-state index < -0.39 is 11.6 Å². The van der Waals surface area contributed by atoms with Gasteiger partial charge in [0.15, 0.2) is 15.6 Å². The molecule has 23 heavy (non-hydrogen) atoms. The monoisotopic (exact) mass is 365 g/mol. The normalized spacial score (nSPS) is 12.0. The molecule has 2 heterocycles. The Hall–Kier alpha value is -1.63. The van der Waals surface area contributed by atoms with Gasteiger partial charge in [-0.15, -0.1) is 22.7 Å². The Morgan fingerprint density at radius 2 is 2.00 bits per heavy atom. The average Bonchev–Trinajstić information content (AvgIpc) is 3.08. The van der Waals surface area contributed by atoms with Crippen LogP contribution in [0.25, 0.3) is 23.8 Å². The van der Waals surface area contributed by atoms with E-state index >= 15 is 0 Å². The highest BCUT2D eigenvalue weighted by Gasteiger charge is 2.06. The van der Waals surface area contributed by atoms with Gasteiger partial charge in [-0.3, -0.25) is 0 Å². The summed E-state index contributed by atoms with van der Waals surface area (Å²) in [7, 11) is 0. The molecule has 0 fully saturated rings. The van der Waals surface area contributed by atoms with Crippen LogP contribution in [-0.2, 0) is 6.54 Å². The van der Waals surface area contributed by atoms with Gasteiger partial charge < -0.3 is 4.57 Å². The van der Waals surface area contributed by atoms with Crippen molar-refractivity contribution in [2.45, 2.75) is 13.5 Å². The molecule has 0 N–H and O–H groups in total. The second-order valence-electron chi connectivity index (χ2n) is 4.93. The molecule has 1 nitrogen and oxygen atoms in total. The Balaban J connectivity index is 2.03. The van der Waals surface area contributed by atoms with Crippen molar-refractivity contribution in [3.63, 3.8) is 0 Å². The van der Waals surface area contributed by atoms with E-state index in [1.165, 1.54) is 17.4 Å². The van der Waals surface area contributed by atoms with Crippen molar-refractivity contribution in [2.75, 3.05) is 0 Å². The second kappa shape index (κ2) is 6.47. The van der Waals surface area contributed by atoms with Crippen molar-refractivity contribution in [3.05, 3.63) is 60.0 Å². The van der Waals surface area contributed by atoms with Crippen LogP contribution in [0.2, 0.25) is 0 Å². The maximum atomic E-state index is 13.4. The van der Waals surface area contributed by atoms with Gasteiger partial charge in [-0.05, 0) is 59.9 Å². The lowest BCUT2D eigenvalue weighted by molar-refractivity contribution is 0.509. The van der Waals surface area contributed by atoms with Crippen LogP contribution in [-0.4, -0.2) is 4.57 Å². The molecule has 118 valence electrons. The van der Waals surface area contributed by atoms with Crippen molar-refractivity contribution in [3.8, 4) is 11.1 Å². The number of benzene rings is 1. The number of hydrogen-bond donors (Lipinski definition) is 0. The third-order valence-corrected chi connectivity index (χ3v) is 5.81. The molecule has 3 rings (SSSR count). The highest BCUT2D eigenvalue weighted by molar-refractivity contribution is 7.73. The zero-order valence-electron chi connectivity index (χ0n) is 12.3. The molecule has 6 heteroatoms. The average molecular weight is 365 g/mol. The third kappa shape index (κ3) is 3.20. The molecule has 0 aliphatic carbocycles. The number of halogens is 2. The van der Waals surface area contributed by atoms with E-state index in [0.717, 1.165) is 36.9 Å². The lowest BCUT2D eigenvalue weighted by atomic mass is 10.1. The van der Waals surface area contributed by atoms with Crippen LogP contribution in [0, 0.1) is 15.6 Å². The zero-order valence-corrected chi connectivity index (χ0v) is 14.8. The molecule has 0 saturated heterocycles. The molecule has 0 saturated carbocycles. The summed E-state index contributed by atoms with van der Waals surface area (Å²) in [5.41, 5.74) is 1.53. The van der Waals surface area contributed by atoms with Gasteiger partial charge >= 0.3 is 0 Å².